The van der Waals surface area contributed by atoms with Gasteiger partial charge in [-0.1, -0.05) is 43.7 Å². The minimum absolute atomic E-state index is 0.300. The van der Waals surface area contributed by atoms with Gasteiger partial charge < -0.3 is 10.6 Å². The number of hydrogen-bond acceptors (Lipinski definition) is 1. The SMILES string of the molecule is CCCCNC(=NCC1(c2ccccc2)CC1)NCC. The lowest BCUT2D eigenvalue weighted by molar-refractivity contribution is 0.684. The molecule has 0 saturated heterocycles. The van der Waals surface area contributed by atoms with Gasteiger partial charge in [-0.3, -0.25) is 4.99 Å². The summed E-state index contributed by atoms with van der Waals surface area (Å²) < 4.78 is 0. The molecule has 0 spiro atoms. The Hall–Kier alpha value is -1.51. The molecule has 0 aliphatic heterocycles. The molecular formula is C17H27N3. The van der Waals surface area contributed by atoms with Gasteiger partial charge in [-0.25, -0.2) is 0 Å². The lowest BCUT2D eigenvalue weighted by atomic mass is 9.96. The van der Waals surface area contributed by atoms with Crippen molar-refractivity contribution < 1.29 is 0 Å². The average Bonchev–Trinajstić information content (AvgIpc) is 3.27. The van der Waals surface area contributed by atoms with Gasteiger partial charge >= 0.3 is 0 Å². The molecule has 1 aliphatic carbocycles. The molecule has 0 aromatic heterocycles. The van der Waals surface area contributed by atoms with Crippen molar-refractivity contribution in [2.45, 2.75) is 44.9 Å². The summed E-state index contributed by atoms with van der Waals surface area (Å²) in [5, 5.41) is 6.74. The largest absolute Gasteiger partial charge is 0.357 e. The maximum Gasteiger partial charge on any atom is 0.191 e. The Bertz CT molecular complexity index is 421. The first kappa shape index (κ1) is 14.9. The van der Waals surface area contributed by atoms with Gasteiger partial charge in [0.25, 0.3) is 0 Å². The highest BCUT2D eigenvalue weighted by molar-refractivity contribution is 5.79. The van der Waals surface area contributed by atoms with E-state index >= 15 is 0 Å². The minimum Gasteiger partial charge on any atom is -0.357 e. The second-order valence-electron chi connectivity index (χ2n) is 5.62. The molecule has 1 aromatic carbocycles. The standard InChI is InChI=1S/C17H27N3/c1-3-5-13-19-16(18-4-2)20-14-17(11-12-17)15-9-7-6-8-10-15/h6-10H,3-5,11-14H2,1-2H3,(H2,18,19,20). The minimum atomic E-state index is 0.300. The van der Waals surface area contributed by atoms with E-state index in [1.54, 1.807) is 0 Å². The highest BCUT2D eigenvalue weighted by Gasteiger charge is 2.43. The molecular weight excluding hydrogens is 246 g/mol. The van der Waals surface area contributed by atoms with E-state index in [0.717, 1.165) is 25.6 Å². The van der Waals surface area contributed by atoms with Crippen molar-refractivity contribution in [1.29, 1.82) is 0 Å². The van der Waals surface area contributed by atoms with E-state index in [2.05, 4.69) is 54.8 Å². The molecule has 0 radical (unpaired) electrons. The second-order valence-corrected chi connectivity index (χ2v) is 5.62. The highest BCUT2D eigenvalue weighted by Crippen LogP contribution is 2.48. The van der Waals surface area contributed by atoms with Crippen LogP contribution in [0.4, 0.5) is 0 Å². The number of nitrogens with one attached hydrogen (secondary N) is 2. The summed E-state index contributed by atoms with van der Waals surface area (Å²) in [4.78, 5) is 4.79. The molecule has 1 aromatic rings. The average molecular weight is 273 g/mol. The number of benzene rings is 1. The van der Waals surface area contributed by atoms with E-state index in [1.165, 1.54) is 31.2 Å². The molecule has 0 atom stereocenters. The summed E-state index contributed by atoms with van der Waals surface area (Å²) >= 11 is 0. The first-order valence-electron chi connectivity index (χ1n) is 7.88. The molecule has 0 heterocycles. The summed E-state index contributed by atoms with van der Waals surface area (Å²) in [7, 11) is 0. The van der Waals surface area contributed by atoms with Crippen molar-refractivity contribution in [3.63, 3.8) is 0 Å². The van der Waals surface area contributed by atoms with E-state index in [0.29, 0.717) is 5.41 Å². The molecule has 20 heavy (non-hydrogen) atoms. The number of hydrogen-bond donors (Lipinski definition) is 2. The van der Waals surface area contributed by atoms with Crippen LogP contribution in [-0.2, 0) is 5.41 Å². The van der Waals surface area contributed by atoms with Crippen molar-refractivity contribution in [3.05, 3.63) is 35.9 Å². The summed E-state index contributed by atoms with van der Waals surface area (Å²) in [6.45, 7) is 7.12. The van der Waals surface area contributed by atoms with Gasteiger partial charge in [0.05, 0.1) is 6.54 Å². The van der Waals surface area contributed by atoms with Crippen LogP contribution in [0.15, 0.2) is 35.3 Å². The van der Waals surface area contributed by atoms with Crippen LogP contribution in [0.3, 0.4) is 0 Å². The van der Waals surface area contributed by atoms with Crippen molar-refractivity contribution in [2.75, 3.05) is 19.6 Å². The third kappa shape index (κ3) is 3.99. The molecule has 0 amide bonds. The first-order valence-corrected chi connectivity index (χ1v) is 7.88. The van der Waals surface area contributed by atoms with Gasteiger partial charge in [0.15, 0.2) is 5.96 Å². The van der Waals surface area contributed by atoms with Gasteiger partial charge in [-0.15, -0.1) is 0 Å². The fraction of sp³-hybridized carbons (Fsp3) is 0.588. The zero-order valence-corrected chi connectivity index (χ0v) is 12.8. The smallest absolute Gasteiger partial charge is 0.191 e. The van der Waals surface area contributed by atoms with E-state index < -0.39 is 0 Å². The predicted molar refractivity (Wildman–Crippen MR) is 86.2 cm³/mol. The van der Waals surface area contributed by atoms with Crippen LogP contribution < -0.4 is 10.6 Å². The Morgan fingerprint density at radius 2 is 1.90 bits per heavy atom. The molecule has 3 heteroatoms. The molecule has 0 unspecified atom stereocenters. The maximum atomic E-state index is 4.79. The Kier molecular flexibility index (Phi) is 5.45. The molecule has 2 N–H and O–H groups in total. The zero-order valence-electron chi connectivity index (χ0n) is 12.8. The topological polar surface area (TPSA) is 36.4 Å². The fourth-order valence-electron chi connectivity index (χ4n) is 2.44. The predicted octanol–water partition coefficient (Wildman–Crippen LogP) is 3.07. The summed E-state index contributed by atoms with van der Waals surface area (Å²) in [5.74, 6) is 0.961. The summed E-state index contributed by atoms with van der Waals surface area (Å²) in [6.07, 6.45) is 4.92. The summed E-state index contributed by atoms with van der Waals surface area (Å²) in [6, 6.07) is 10.8. The van der Waals surface area contributed by atoms with Crippen LogP contribution in [0, 0.1) is 0 Å². The Balaban J connectivity index is 1.94. The van der Waals surface area contributed by atoms with Gasteiger partial charge in [-0.05, 0) is 31.7 Å². The van der Waals surface area contributed by atoms with Gasteiger partial charge in [-0.2, -0.15) is 0 Å². The van der Waals surface area contributed by atoms with Crippen molar-refractivity contribution in [3.8, 4) is 0 Å². The number of nitrogens with zero attached hydrogens (tertiary/aromatic N) is 1. The molecule has 0 bridgehead atoms. The van der Waals surface area contributed by atoms with Crippen LogP contribution in [0.25, 0.3) is 0 Å². The van der Waals surface area contributed by atoms with E-state index in [9.17, 15) is 0 Å². The molecule has 1 saturated carbocycles. The second kappa shape index (κ2) is 7.32. The van der Waals surface area contributed by atoms with Crippen molar-refractivity contribution in [1.82, 2.24) is 10.6 Å². The van der Waals surface area contributed by atoms with Crippen LogP contribution >= 0.6 is 0 Å². The number of guanidine groups is 1. The first-order chi connectivity index (χ1) is 9.80. The normalized spacial score (nSPS) is 16.8. The maximum absolute atomic E-state index is 4.79. The third-order valence-electron chi connectivity index (χ3n) is 3.95. The number of unbranched alkanes of at least 4 members (excludes halogenated alkanes) is 1. The van der Waals surface area contributed by atoms with E-state index in [4.69, 9.17) is 4.99 Å². The van der Waals surface area contributed by atoms with Gasteiger partial charge in [0, 0.05) is 18.5 Å². The van der Waals surface area contributed by atoms with E-state index in [-0.39, 0.29) is 0 Å². The Labute approximate surface area is 122 Å². The highest BCUT2D eigenvalue weighted by atomic mass is 15.2. The molecule has 3 nitrogen and oxygen atoms in total. The molecule has 110 valence electrons. The lowest BCUT2D eigenvalue weighted by Gasteiger charge is -2.15. The summed E-state index contributed by atoms with van der Waals surface area (Å²) in [5.41, 5.74) is 1.74. The molecule has 2 rings (SSSR count). The van der Waals surface area contributed by atoms with Crippen LogP contribution in [-0.4, -0.2) is 25.6 Å². The Morgan fingerprint density at radius 1 is 1.15 bits per heavy atom. The van der Waals surface area contributed by atoms with Crippen LogP contribution in [0.2, 0.25) is 0 Å². The zero-order chi connectivity index (χ0) is 14.3. The van der Waals surface area contributed by atoms with Crippen molar-refractivity contribution >= 4 is 5.96 Å². The molecule has 1 aliphatic rings. The number of rotatable bonds is 7. The van der Waals surface area contributed by atoms with Gasteiger partial charge in [0.1, 0.15) is 0 Å². The third-order valence-corrected chi connectivity index (χ3v) is 3.95. The Morgan fingerprint density at radius 3 is 2.50 bits per heavy atom. The lowest BCUT2D eigenvalue weighted by Crippen LogP contribution is -2.38. The monoisotopic (exact) mass is 273 g/mol. The van der Waals surface area contributed by atoms with E-state index in [1.807, 2.05) is 0 Å². The van der Waals surface area contributed by atoms with Crippen LogP contribution in [0.1, 0.15) is 45.1 Å². The molecule has 1 fully saturated rings. The van der Waals surface area contributed by atoms with Gasteiger partial charge in [0.2, 0.25) is 0 Å². The fourth-order valence-corrected chi connectivity index (χ4v) is 2.44. The van der Waals surface area contributed by atoms with Crippen molar-refractivity contribution in [2.24, 2.45) is 4.99 Å². The van der Waals surface area contributed by atoms with Crippen LogP contribution in [0.5, 0.6) is 0 Å². The quantitative estimate of drug-likeness (QED) is 0.455. The number of aliphatic imine (C=N–C) groups is 1.